The van der Waals surface area contributed by atoms with E-state index in [2.05, 4.69) is 35.4 Å². The zero-order valence-corrected chi connectivity index (χ0v) is 17.1. The molecule has 0 amide bonds. The maximum Gasteiger partial charge on any atom is 0.307 e. The molecule has 6 heteroatoms. The Labute approximate surface area is 169 Å². The Hall–Kier alpha value is -1.69. The number of carboxylic acids is 1. The van der Waals surface area contributed by atoms with Crippen LogP contribution in [0.2, 0.25) is 5.02 Å². The summed E-state index contributed by atoms with van der Waals surface area (Å²) in [4.78, 5) is 15.0. The molecule has 1 aliphatic rings. The molecule has 0 spiro atoms. The molecule has 4 nitrogen and oxygen atoms in total. The Balaban J connectivity index is 2.06. The highest BCUT2D eigenvalue weighted by atomic mass is 35.5. The molecule has 0 aliphatic carbocycles. The van der Waals surface area contributed by atoms with E-state index in [1.807, 2.05) is 18.2 Å². The maximum absolute atomic E-state index is 11.6. The Morgan fingerprint density at radius 3 is 2.67 bits per heavy atom. The third-order valence-electron chi connectivity index (χ3n) is 5.09. The van der Waals surface area contributed by atoms with Gasteiger partial charge >= 0.3 is 5.97 Å². The number of benzene rings is 2. The first-order valence-corrected chi connectivity index (χ1v) is 10.6. The van der Waals surface area contributed by atoms with Crippen LogP contribution in [0, 0.1) is 5.92 Å². The first kappa shape index (κ1) is 20.1. The van der Waals surface area contributed by atoms with Crippen molar-refractivity contribution in [3.63, 3.8) is 0 Å². The third-order valence-corrected chi connectivity index (χ3v) is 6.06. The average molecular weight is 406 g/mol. The van der Waals surface area contributed by atoms with E-state index >= 15 is 0 Å². The molecule has 3 rings (SSSR count). The van der Waals surface area contributed by atoms with Crippen LogP contribution in [0.4, 0.5) is 0 Å². The van der Waals surface area contributed by atoms with Crippen LogP contribution in [0.1, 0.15) is 30.0 Å². The number of hydrogen-bond acceptors (Lipinski definition) is 4. The summed E-state index contributed by atoms with van der Waals surface area (Å²) in [7, 11) is 1.65. The SMILES string of the molecule is COc1ccc(Cl)cc1C(c1ccc(SC)cc1)N1CCCC(C(=O)O)C1. The van der Waals surface area contributed by atoms with Crippen LogP contribution in [0.5, 0.6) is 5.75 Å². The predicted octanol–water partition coefficient (Wildman–Crippen LogP) is 4.96. The predicted molar refractivity (Wildman–Crippen MR) is 110 cm³/mol. The van der Waals surface area contributed by atoms with Gasteiger partial charge in [0.25, 0.3) is 0 Å². The molecule has 1 heterocycles. The van der Waals surface area contributed by atoms with Crippen molar-refractivity contribution in [1.82, 2.24) is 4.90 Å². The number of carbonyl (C=O) groups is 1. The molecule has 1 N–H and O–H groups in total. The van der Waals surface area contributed by atoms with E-state index in [1.165, 1.54) is 4.90 Å². The molecule has 1 fully saturated rings. The zero-order chi connectivity index (χ0) is 19.4. The van der Waals surface area contributed by atoms with Crippen molar-refractivity contribution in [2.45, 2.75) is 23.8 Å². The Morgan fingerprint density at radius 1 is 1.30 bits per heavy atom. The summed E-state index contributed by atoms with van der Waals surface area (Å²) in [6.45, 7) is 1.36. The van der Waals surface area contributed by atoms with Gasteiger partial charge in [-0.05, 0) is 61.5 Å². The lowest BCUT2D eigenvalue weighted by Crippen LogP contribution is -2.41. The largest absolute Gasteiger partial charge is 0.496 e. The van der Waals surface area contributed by atoms with Gasteiger partial charge in [0.15, 0.2) is 0 Å². The molecule has 2 unspecified atom stereocenters. The zero-order valence-electron chi connectivity index (χ0n) is 15.5. The van der Waals surface area contributed by atoms with Gasteiger partial charge < -0.3 is 9.84 Å². The molecule has 0 aromatic heterocycles. The van der Waals surface area contributed by atoms with E-state index in [1.54, 1.807) is 18.9 Å². The fraction of sp³-hybridized carbons (Fsp3) is 0.381. The van der Waals surface area contributed by atoms with Crippen LogP contribution in [0.25, 0.3) is 0 Å². The Bertz CT molecular complexity index is 797. The van der Waals surface area contributed by atoms with Gasteiger partial charge in [-0.2, -0.15) is 0 Å². The summed E-state index contributed by atoms with van der Waals surface area (Å²) >= 11 is 8.00. The van der Waals surface area contributed by atoms with Gasteiger partial charge in [0.05, 0.1) is 19.1 Å². The summed E-state index contributed by atoms with van der Waals surface area (Å²) in [6, 6.07) is 13.9. The normalized spacial score (nSPS) is 18.9. The van der Waals surface area contributed by atoms with E-state index < -0.39 is 5.97 Å². The van der Waals surface area contributed by atoms with Crippen LogP contribution in [-0.4, -0.2) is 42.4 Å². The van der Waals surface area contributed by atoms with Crippen LogP contribution < -0.4 is 4.74 Å². The lowest BCUT2D eigenvalue weighted by atomic mass is 9.91. The number of ether oxygens (including phenoxy) is 1. The number of rotatable bonds is 6. The van der Waals surface area contributed by atoms with Gasteiger partial charge in [0.2, 0.25) is 0 Å². The summed E-state index contributed by atoms with van der Waals surface area (Å²) in [5.74, 6) is -0.318. The second-order valence-electron chi connectivity index (χ2n) is 6.73. The second-order valence-corrected chi connectivity index (χ2v) is 8.05. The number of hydrogen-bond donors (Lipinski definition) is 1. The van der Waals surface area contributed by atoms with Crippen LogP contribution in [0.3, 0.4) is 0 Å². The highest BCUT2D eigenvalue weighted by Gasteiger charge is 2.32. The van der Waals surface area contributed by atoms with Gasteiger partial charge in [-0.1, -0.05) is 23.7 Å². The molecule has 1 aliphatic heterocycles. The number of aliphatic carboxylic acids is 1. The van der Waals surface area contributed by atoms with E-state index in [0.717, 1.165) is 36.3 Å². The molecule has 0 radical (unpaired) electrons. The summed E-state index contributed by atoms with van der Waals surface area (Å²) in [6.07, 6.45) is 3.63. The van der Waals surface area contributed by atoms with Crippen molar-refractivity contribution in [1.29, 1.82) is 0 Å². The molecule has 27 heavy (non-hydrogen) atoms. The molecule has 0 saturated carbocycles. The highest BCUT2D eigenvalue weighted by molar-refractivity contribution is 7.98. The van der Waals surface area contributed by atoms with Gasteiger partial charge in [-0.15, -0.1) is 11.8 Å². The van der Waals surface area contributed by atoms with Crippen LogP contribution in [0.15, 0.2) is 47.4 Å². The molecule has 2 aromatic rings. The smallest absolute Gasteiger partial charge is 0.307 e. The summed E-state index contributed by atoms with van der Waals surface area (Å²) in [5, 5.41) is 10.2. The van der Waals surface area contributed by atoms with Crippen molar-refractivity contribution in [2.24, 2.45) is 5.92 Å². The van der Waals surface area contributed by atoms with Crippen molar-refractivity contribution < 1.29 is 14.6 Å². The topological polar surface area (TPSA) is 49.8 Å². The van der Waals surface area contributed by atoms with E-state index in [0.29, 0.717) is 11.6 Å². The van der Waals surface area contributed by atoms with Crippen molar-refractivity contribution >= 4 is 29.3 Å². The van der Waals surface area contributed by atoms with E-state index in [-0.39, 0.29) is 12.0 Å². The molecule has 1 saturated heterocycles. The number of likely N-dealkylation sites (tertiary alicyclic amines) is 1. The fourth-order valence-corrected chi connectivity index (χ4v) is 4.32. The number of carboxylic acid groups (broad SMARTS) is 1. The monoisotopic (exact) mass is 405 g/mol. The minimum Gasteiger partial charge on any atom is -0.496 e. The lowest BCUT2D eigenvalue weighted by molar-refractivity contribution is -0.143. The van der Waals surface area contributed by atoms with Gasteiger partial charge in [0, 0.05) is 22.0 Å². The Kier molecular flexibility index (Phi) is 6.68. The number of piperidine rings is 1. The first-order valence-electron chi connectivity index (χ1n) is 8.97. The van der Waals surface area contributed by atoms with E-state index in [4.69, 9.17) is 16.3 Å². The minimum atomic E-state index is -0.728. The van der Waals surface area contributed by atoms with E-state index in [9.17, 15) is 9.90 Å². The number of nitrogens with zero attached hydrogens (tertiary/aromatic N) is 1. The molecule has 2 aromatic carbocycles. The van der Waals surface area contributed by atoms with Crippen molar-refractivity contribution in [3.05, 3.63) is 58.6 Å². The molecular weight excluding hydrogens is 382 g/mol. The third kappa shape index (κ3) is 4.60. The molecule has 0 bridgehead atoms. The summed E-state index contributed by atoms with van der Waals surface area (Å²) < 4.78 is 5.61. The van der Waals surface area contributed by atoms with Crippen molar-refractivity contribution in [2.75, 3.05) is 26.5 Å². The highest BCUT2D eigenvalue weighted by Crippen LogP contribution is 2.39. The number of thioether (sulfide) groups is 1. The Morgan fingerprint density at radius 2 is 2.04 bits per heavy atom. The quantitative estimate of drug-likeness (QED) is 0.688. The molecular formula is C21H24ClNO3S. The summed E-state index contributed by atoms with van der Waals surface area (Å²) in [5.41, 5.74) is 2.08. The van der Waals surface area contributed by atoms with Crippen molar-refractivity contribution in [3.8, 4) is 5.75 Å². The fourth-order valence-electron chi connectivity index (χ4n) is 3.73. The average Bonchev–Trinajstić information content (AvgIpc) is 2.69. The second kappa shape index (κ2) is 9.00. The standard InChI is InChI=1S/C21H24ClNO3S/c1-26-19-10-7-16(22)12-18(19)20(14-5-8-17(27-2)9-6-14)23-11-3-4-15(13-23)21(24)25/h5-10,12,15,20H,3-4,11,13H2,1-2H3,(H,24,25). The lowest BCUT2D eigenvalue weighted by Gasteiger charge is -2.38. The molecule has 144 valence electrons. The van der Waals surface area contributed by atoms with Crippen LogP contribution in [-0.2, 0) is 4.79 Å². The number of halogens is 1. The van der Waals surface area contributed by atoms with Gasteiger partial charge in [0.1, 0.15) is 5.75 Å². The van der Waals surface area contributed by atoms with Gasteiger partial charge in [-0.25, -0.2) is 0 Å². The minimum absolute atomic E-state index is 0.100. The van der Waals surface area contributed by atoms with Crippen LogP contribution >= 0.6 is 23.4 Å². The molecule has 2 atom stereocenters. The maximum atomic E-state index is 11.6. The van der Waals surface area contributed by atoms with Gasteiger partial charge in [-0.3, -0.25) is 9.69 Å². The number of methoxy groups -OCH3 is 1. The first-order chi connectivity index (χ1) is 13.0.